The van der Waals surface area contributed by atoms with Gasteiger partial charge in [0.15, 0.2) is 0 Å². The van der Waals surface area contributed by atoms with Crippen molar-refractivity contribution in [1.82, 2.24) is 0 Å². The highest BCUT2D eigenvalue weighted by molar-refractivity contribution is 9.12. The maximum absolute atomic E-state index is 12.4. The van der Waals surface area contributed by atoms with Crippen LogP contribution in [0.15, 0.2) is 25.8 Å². The zero-order valence-corrected chi connectivity index (χ0v) is 15.0. The maximum Gasteiger partial charge on any atom is 0.204 e. The molecule has 0 amide bonds. The van der Waals surface area contributed by atoms with Gasteiger partial charge >= 0.3 is 0 Å². The second kappa shape index (κ2) is 5.19. The molecule has 0 bridgehead atoms. The normalized spacial score (nSPS) is 11.8. The molecule has 2 heterocycles. The monoisotopic (exact) mass is 406 g/mol. The second-order valence-corrected chi connectivity index (χ2v) is 9.81. The lowest BCUT2D eigenvalue weighted by Gasteiger charge is -2.15. The molecule has 0 aliphatic rings. The number of carbonyl (C=O) groups excluding carboxylic acids is 1. The molecular weight excluding hydrogens is 396 g/mol. The molecule has 0 atom stereocenters. The Bertz CT molecular complexity index is 590. The van der Waals surface area contributed by atoms with Crippen LogP contribution in [0.5, 0.6) is 0 Å². The Kier molecular flexibility index (Phi) is 4.17. The van der Waals surface area contributed by atoms with Crippen molar-refractivity contribution in [2.24, 2.45) is 0 Å². The summed E-state index contributed by atoms with van der Waals surface area (Å²) in [4.78, 5) is 14.4. The second-order valence-electron chi connectivity index (χ2n) is 4.98. The van der Waals surface area contributed by atoms with Gasteiger partial charge in [0.1, 0.15) is 0 Å². The fraction of sp³-hybridized carbons (Fsp3) is 0.308. The third kappa shape index (κ3) is 2.95. The van der Waals surface area contributed by atoms with E-state index in [9.17, 15) is 4.79 Å². The summed E-state index contributed by atoms with van der Waals surface area (Å²) in [5.41, 5.74) is 0.824. The van der Waals surface area contributed by atoms with E-state index < -0.39 is 0 Å². The zero-order chi connectivity index (χ0) is 13.5. The van der Waals surface area contributed by atoms with Crippen molar-refractivity contribution in [3.8, 4) is 0 Å². The Balaban J connectivity index is 2.35. The average Bonchev–Trinajstić information content (AvgIpc) is 2.83. The number of thiophene rings is 2. The lowest BCUT2D eigenvalue weighted by atomic mass is 9.95. The standard InChI is InChI=1S/C13H12Br2OS2/c1-13(2,3)9-5-4-8(17-9)11(16)7-6-10(14)18-12(7)15/h4-6H,1-3H3. The lowest BCUT2D eigenvalue weighted by molar-refractivity contribution is 0.104. The van der Waals surface area contributed by atoms with Gasteiger partial charge in [0, 0.05) is 10.4 Å². The van der Waals surface area contributed by atoms with Crippen LogP contribution in [0.4, 0.5) is 0 Å². The minimum atomic E-state index is 0.0873. The van der Waals surface area contributed by atoms with Crippen LogP contribution in [0.25, 0.3) is 0 Å². The third-order valence-corrected chi connectivity index (χ3v) is 6.32. The minimum Gasteiger partial charge on any atom is -0.288 e. The molecule has 2 aromatic heterocycles. The summed E-state index contributed by atoms with van der Waals surface area (Å²) in [6.45, 7) is 6.47. The van der Waals surface area contributed by atoms with Gasteiger partial charge < -0.3 is 0 Å². The lowest BCUT2D eigenvalue weighted by Crippen LogP contribution is -2.07. The van der Waals surface area contributed by atoms with Crippen molar-refractivity contribution >= 4 is 60.3 Å². The molecule has 5 heteroatoms. The molecule has 0 aliphatic carbocycles. The Labute approximate surface area is 131 Å². The molecule has 0 saturated carbocycles. The molecule has 0 aliphatic heterocycles. The largest absolute Gasteiger partial charge is 0.288 e. The molecule has 2 aromatic rings. The first kappa shape index (κ1) is 14.4. The highest BCUT2D eigenvalue weighted by Gasteiger charge is 2.21. The Morgan fingerprint density at radius 1 is 1.17 bits per heavy atom. The summed E-state index contributed by atoms with van der Waals surface area (Å²) in [7, 11) is 0. The summed E-state index contributed by atoms with van der Waals surface area (Å²) in [5, 5.41) is 0. The van der Waals surface area contributed by atoms with Gasteiger partial charge in [-0.1, -0.05) is 20.8 Å². The van der Waals surface area contributed by atoms with Crippen molar-refractivity contribution < 1.29 is 4.79 Å². The van der Waals surface area contributed by atoms with E-state index in [1.807, 2.05) is 18.2 Å². The van der Waals surface area contributed by atoms with Crippen molar-refractivity contribution in [2.45, 2.75) is 26.2 Å². The number of rotatable bonds is 2. The summed E-state index contributed by atoms with van der Waals surface area (Å²) in [6.07, 6.45) is 0. The van der Waals surface area contributed by atoms with E-state index in [1.54, 1.807) is 11.3 Å². The first-order valence-electron chi connectivity index (χ1n) is 5.39. The van der Waals surface area contributed by atoms with E-state index in [4.69, 9.17) is 0 Å². The molecule has 0 N–H and O–H groups in total. The average molecular weight is 408 g/mol. The van der Waals surface area contributed by atoms with Crippen molar-refractivity contribution in [3.05, 3.63) is 41.1 Å². The van der Waals surface area contributed by atoms with Crippen molar-refractivity contribution in [1.29, 1.82) is 0 Å². The van der Waals surface area contributed by atoms with Crippen molar-refractivity contribution in [3.63, 3.8) is 0 Å². The molecule has 0 unspecified atom stereocenters. The minimum absolute atomic E-state index is 0.0873. The number of hydrogen-bond donors (Lipinski definition) is 0. The molecule has 18 heavy (non-hydrogen) atoms. The van der Waals surface area contributed by atoms with E-state index in [0.29, 0.717) is 0 Å². The summed E-state index contributed by atoms with van der Waals surface area (Å²) in [6, 6.07) is 5.84. The highest BCUT2D eigenvalue weighted by atomic mass is 79.9. The predicted molar refractivity (Wildman–Crippen MR) is 86.2 cm³/mol. The Morgan fingerprint density at radius 3 is 2.28 bits per heavy atom. The topological polar surface area (TPSA) is 17.1 Å². The van der Waals surface area contributed by atoms with Gasteiger partial charge in [-0.3, -0.25) is 4.79 Å². The number of ketones is 1. The van der Waals surface area contributed by atoms with E-state index in [1.165, 1.54) is 16.2 Å². The maximum atomic E-state index is 12.4. The van der Waals surface area contributed by atoms with Gasteiger partial charge in [0.05, 0.1) is 12.4 Å². The van der Waals surface area contributed by atoms with Gasteiger partial charge in [-0.05, 0) is 55.5 Å². The molecule has 2 rings (SSSR count). The van der Waals surface area contributed by atoms with E-state index in [-0.39, 0.29) is 11.2 Å². The number of halogens is 2. The predicted octanol–water partition coefficient (Wildman–Crippen LogP) is 5.86. The smallest absolute Gasteiger partial charge is 0.204 e. The summed E-state index contributed by atoms with van der Waals surface area (Å²) in [5.74, 6) is 0.0873. The molecule has 1 nitrogen and oxygen atoms in total. The SMILES string of the molecule is CC(C)(C)c1ccc(C(=O)c2cc(Br)sc2Br)s1. The first-order chi connectivity index (χ1) is 8.29. The molecule has 0 fully saturated rings. The van der Waals surface area contributed by atoms with Gasteiger partial charge in [0.25, 0.3) is 0 Å². The van der Waals surface area contributed by atoms with Gasteiger partial charge in [-0.25, -0.2) is 0 Å². The molecule has 96 valence electrons. The molecule has 0 saturated heterocycles. The number of carbonyl (C=O) groups is 1. The third-order valence-electron chi connectivity index (χ3n) is 2.47. The van der Waals surface area contributed by atoms with Crippen LogP contribution >= 0.6 is 54.5 Å². The van der Waals surface area contributed by atoms with E-state index >= 15 is 0 Å². The van der Waals surface area contributed by atoms with Crippen LogP contribution in [0.1, 0.15) is 40.9 Å². The van der Waals surface area contributed by atoms with Gasteiger partial charge in [-0.2, -0.15) is 0 Å². The summed E-state index contributed by atoms with van der Waals surface area (Å²) >= 11 is 9.94. The van der Waals surface area contributed by atoms with Crippen LogP contribution in [0.3, 0.4) is 0 Å². The van der Waals surface area contributed by atoms with Crippen LogP contribution < -0.4 is 0 Å². The van der Waals surface area contributed by atoms with E-state index in [0.717, 1.165) is 18.0 Å². The zero-order valence-electron chi connectivity index (χ0n) is 10.2. The van der Waals surface area contributed by atoms with Gasteiger partial charge in [0.2, 0.25) is 5.78 Å². The number of hydrogen-bond acceptors (Lipinski definition) is 3. The molecule has 0 aromatic carbocycles. The molecular formula is C13H12Br2OS2. The first-order valence-corrected chi connectivity index (χ1v) is 8.61. The Morgan fingerprint density at radius 2 is 1.83 bits per heavy atom. The fourth-order valence-electron chi connectivity index (χ4n) is 1.49. The fourth-order valence-corrected chi connectivity index (χ4v) is 5.30. The van der Waals surface area contributed by atoms with Crippen molar-refractivity contribution in [2.75, 3.05) is 0 Å². The van der Waals surface area contributed by atoms with Crippen LogP contribution in [-0.4, -0.2) is 5.78 Å². The van der Waals surface area contributed by atoms with E-state index in [2.05, 4.69) is 52.6 Å². The molecule has 0 radical (unpaired) electrons. The highest BCUT2D eigenvalue weighted by Crippen LogP contribution is 2.36. The van der Waals surface area contributed by atoms with Gasteiger partial charge in [-0.15, -0.1) is 22.7 Å². The molecule has 0 spiro atoms. The summed E-state index contributed by atoms with van der Waals surface area (Å²) < 4.78 is 1.84. The van der Waals surface area contributed by atoms with Crippen LogP contribution in [0, 0.1) is 0 Å². The van der Waals surface area contributed by atoms with Crippen LogP contribution in [-0.2, 0) is 5.41 Å². The quantitative estimate of drug-likeness (QED) is 0.569. The van der Waals surface area contributed by atoms with Crippen LogP contribution in [0.2, 0.25) is 0 Å². The Hall–Kier alpha value is 0.0300.